The average Bonchev–Trinajstić information content (AvgIpc) is 2.70. The van der Waals surface area contributed by atoms with Crippen LogP contribution in [-0.4, -0.2) is 25.7 Å². The van der Waals surface area contributed by atoms with Crippen molar-refractivity contribution in [2.24, 2.45) is 5.73 Å². The average molecular weight is 217 g/mol. The van der Waals surface area contributed by atoms with Gasteiger partial charge in [0.15, 0.2) is 0 Å². The summed E-state index contributed by atoms with van der Waals surface area (Å²) in [5.41, 5.74) is 7.02. The number of carbonyl (C=O) groups excluding carboxylic acids is 1. The van der Waals surface area contributed by atoms with Crippen LogP contribution in [0.15, 0.2) is 24.7 Å². The molecule has 0 aromatic carbocycles. The zero-order valence-electron chi connectivity index (χ0n) is 8.79. The molecule has 0 atom stereocenters. The highest BCUT2D eigenvalue weighted by Gasteiger charge is 2.07. The molecule has 6 nitrogen and oxygen atoms in total. The van der Waals surface area contributed by atoms with Gasteiger partial charge in [-0.15, -0.1) is 5.10 Å². The van der Waals surface area contributed by atoms with Crippen molar-refractivity contribution in [2.45, 2.75) is 13.5 Å². The van der Waals surface area contributed by atoms with Crippen molar-refractivity contribution < 1.29 is 4.79 Å². The minimum atomic E-state index is -0.628. The number of hydrogen-bond acceptors (Lipinski definition) is 4. The second kappa shape index (κ2) is 4.09. The van der Waals surface area contributed by atoms with Crippen molar-refractivity contribution in [1.82, 2.24) is 19.7 Å². The SMILES string of the molecule is Cc1cccnc1Cn1cnc(C(N)=O)n1. The molecule has 0 radical (unpaired) electrons. The third kappa shape index (κ3) is 2.05. The van der Waals surface area contributed by atoms with Gasteiger partial charge in [0.2, 0.25) is 5.82 Å². The fraction of sp³-hybridized carbons (Fsp3) is 0.200. The first-order valence-electron chi connectivity index (χ1n) is 4.76. The molecule has 2 heterocycles. The molecule has 82 valence electrons. The first-order chi connectivity index (χ1) is 7.66. The quantitative estimate of drug-likeness (QED) is 0.791. The summed E-state index contributed by atoms with van der Waals surface area (Å²) in [7, 11) is 0. The van der Waals surface area contributed by atoms with Gasteiger partial charge >= 0.3 is 0 Å². The number of nitrogens with zero attached hydrogens (tertiary/aromatic N) is 4. The minimum absolute atomic E-state index is 0.0218. The smallest absolute Gasteiger partial charge is 0.288 e. The molecule has 2 aromatic rings. The number of pyridine rings is 1. The fourth-order valence-electron chi connectivity index (χ4n) is 1.32. The lowest BCUT2D eigenvalue weighted by Crippen LogP contribution is -2.14. The van der Waals surface area contributed by atoms with Crippen molar-refractivity contribution in [1.29, 1.82) is 0 Å². The number of hydrogen-bond donors (Lipinski definition) is 1. The van der Waals surface area contributed by atoms with Gasteiger partial charge in [0.05, 0.1) is 12.2 Å². The molecule has 1 amide bonds. The molecule has 0 saturated carbocycles. The standard InChI is InChI=1S/C10H11N5O/c1-7-3-2-4-12-8(7)5-15-6-13-10(14-15)9(11)16/h2-4,6H,5H2,1H3,(H2,11,16). The number of aryl methyl sites for hydroxylation is 1. The van der Waals surface area contributed by atoms with Gasteiger partial charge in [-0.1, -0.05) is 6.07 Å². The van der Waals surface area contributed by atoms with Crippen LogP contribution in [0.5, 0.6) is 0 Å². The Kier molecular flexibility index (Phi) is 2.63. The fourth-order valence-corrected chi connectivity index (χ4v) is 1.32. The van der Waals surface area contributed by atoms with E-state index in [2.05, 4.69) is 15.1 Å². The van der Waals surface area contributed by atoms with Crippen molar-refractivity contribution in [3.8, 4) is 0 Å². The molecule has 0 fully saturated rings. The number of amides is 1. The van der Waals surface area contributed by atoms with Crippen molar-refractivity contribution >= 4 is 5.91 Å². The van der Waals surface area contributed by atoms with Crippen LogP contribution >= 0.6 is 0 Å². The summed E-state index contributed by atoms with van der Waals surface area (Å²) < 4.78 is 1.54. The molecule has 2 rings (SSSR count). The summed E-state index contributed by atoms with van der Waals surface area (Å²) >= 11 is 0. The lowest BCUT2D eigenvalue weighted by molar-refractivity contribution is 0.0990. The van der Waals surface area contributed by atoms with Gasteiger partial charge in [-0.3, -0.25) is 9.78 Å². The highest BCUT2D eigenvalue weighted by atomic mass is 16.1. The molecule has 6 heteroatoms. The van der Waals surface area contributed by atoms with E-state index in [9.17, 15) is 4.79 Å². The number of rotatable bonds is 3. The van der Waals surface area contributed by atoms with E-state index in [1.807, 2.05) is 19.1 Å². The molecule has 0 spiro atoms. The predicted octanol–water partition coefficient (Wildman–Crippen LogP) is 0.129. The Morgan fingerprint density at radius 3 is 2.94 bits per heavy atom. The minimum Gasteiger partial charge on any atom is -0.363 e. The topological polar surface area (TPSA) is 86.7 Å². The second-order valence-electron chi connectivity index (χ2n) is 3.40. The van der Waals surface area contributed by atoms with Crippen molar-refractivity contribution in [3.63, 3.8) is 0 Å². The monoisotopic (exact) mass is 217 g/mol. The van der Waals surface area contributed by atoms with E-state index >= 15 is 0 Å². The Hall–Kier alpha value is -2.24. The summed E-state index contributed by atoms with van der Waals surface area (Å²) in [4.78, 5) is 18.8. The van der Waals surface area contributed by atoms with Crippen molar-refractivity contribution in [3.05, 3.63) is 41.7 Å². The van der Waals surface area contributed by atoms with Crippen LogP contribution in [0.3, 0.4) is 0 Å². The normalized spacial score (nSPS) is 10.3. The van der Waals surface area contributed by atoms with Gasteiger partial charge in [-0.2, -0.15) is 0 Å². The van der Waals surface area contributed by atoms with Gasteiger partial charge in [0.25, 0.3) is 5.91 Å². The van der Waals surface area contributed by atoms with Crippen LogP contribution in [0.2, 0.25) is 0 Å². The van der Waals surface area contributed by atoms with E-state index in [1.165, 1.54) is 11.0 Å². The molecule has 0 aliphatic carbocycles. The van der Waals surface area contributed by atoms with Crippen molar-refractivity contribution in [2.75, 3.05) is 0 Å². The molecule has 16 heavy (non-hydrogen) atoms. The van der Waals surface area contributed by atoms with Crippen LogP contribution < -0.4 is 5.73 Å². The Balaban J connectivity index is 2.21. The molecule has 2 N–H and O–H groups in total. The Labute approximate surface area is 92.1 Å². The molecule has 2 aromatic heterocycles. The Bertz CT molecular complexity index is 519. The van der Waals surface area contributed by atoms with E-state index in [4.69, 9.17) is 5.73 Å². The largest absolute Gasteiger partial charge is 0.363 e. The summed E-state index contributed by atoms with van der Waals surface area (Å²) in [6.07, 6.45) is 3.18. The molecule has 0 aliphatic rings. The summed E-state index contributed by atoms with van der Waals surface area (Å²) in [6, 6.07) is 3.84. The highest BCUT2D eigenvalue weighted by Crippen LogP contribution is 2.04. The van der Waals surface area contributed by atoms with Gasteiger partial charge in [-0.05, 0) is 18.6 Å². The van der Waals surface area contributed by atoms with Crippen LogP contribution in [-0.2, 0) is 6.54 Å². The third-order valence-corrected chi connectivity index (χ3v) is 2.19. The Morgan fingerprint density at radius 2 is 2.31 bits per heavy atom. The van der Waals surface area contributed by atoms with Crippen LogP contribution in [0.1, 0.15) is 21.9 Å². The van der Waals surface area contributed by atoms with Crippen LogP contribution in [0, 0.1) is 6.92 Å². The number of nitrogens with two attached hydrogens (primary N) is 1. The maximum Gasteiger partial charge on any atom is 0.288 e. The van der Waals surface area contributed by atoms with Crippen LogP contribution in [0.4, 0.5) is 0 Å². The summed E-state index contributed by atoms with van der Waals surface area (Å²) in [5, 5.41) is 3.94. The maximum absolute atomic E-state index is 10.8. The maximum atomic E-state index is 10.8. The van der Waals surface area contributed by atoms with E-state index in [0.717, 1.165) is 11.3 Å². The first kappa shape index (κ1) is 10.3. The number of carbonyl (C=O) groups is 1. The predicted molar refractivity (Wildman–Crippen MR) is 56.6 cm³/mol. The summed E-state index contributed by atoms with van der Waals surface area (Å²) in [5.74, 6) is -0.606. The van der Waals surface area contributed by atoms with E-state index in [-0.39, 0.29) is 5.82 Å². The zero-order chi connectivity index (χ0) is 11.5. The van der Waals surface area contributed by atoms with E-state index < -0.39 is 5.91 Å². The molecule has 0 unspecified atom stereocenters. The molecular weight excluding hydrogens is 206 g/mol. The number of aromatic nitrogens is 4. The molecular formula is C10H11N5O. The van der Waals surface area contributed by atoms with E-state index in [1.54, 1.807) is 6.20 Å². The lowest BCUT2D eigenvalue weighted by Gasteiger charge is -2.02. The third-order valence-electron chi connectivity index (χ3n) is 2.19. The highest BCUT2D eigenvalue weighted by molar-refractivity contribution is 5.88. The van der Waals surface area contributed by atoms with Gasteiger partial charge in [0, 0.05) is 6.20 Å². The first-order valence-corrected chi connectivity index (χ1v) is 4.76. The molecule has 0 bridgehead atoms. The summed E-state index contributed by atoms with van der Waals surface area (Å²) in [6.45, 7) is 2.45. The molecule has 0 aliphatic heterocycles. The van der Waals surface area contributed by atoms with Crippen LogP contribution in [0.25, 0.3) is 0 Å². The molecule has 0 saturated heterocycles. The van der Waals surface area contributed by atoms with E-state index in [0.29, 0.717) is 6.54 Å². The zero-order valence-corrected chi connectivity index (χ0v) is 8.79. The second-order valence-corrected chi connectivity index (χ2v) is 3.40. The van der Waals surface area contributed by atoms with Gasteiger partial charge < -0.3 is 5.73 Å². The van der Waals surface area contributed by atoms with Gasteiger partial charge in [-0.25, -0.2) is 9.67 Å². The Morgan fingerprint density at radius 1 is 1.50 bits per heavy atom. The number of primary amides is 1. The van der Waals surface area contributed by atoms with Gasteiger partial charge in [0.1, 0.15) is 6.33 Å². The lowest BCUT2D eigenvalue weighted by atomic mass is 10.2.